The zero-order valence-electron chi connectivity index (χ0n) is 12.9. The molecule has 1 saturated heterocycles. The number of amides is 1. The van der Waals surface area contributed by atoms with Crippen LogP contribution >= 0.6 is 23.2 Å². The average Bonchev–Trinajstić information content (AvgIpc) is 2.50. The van der Waals surface area contributed by atoms with E-state index < -0.39 is 10.0 Å². The second-order valence-corrected chi connectivity index (χ2v) is 8.52. The van der Waals surface area contributed by atoms with Gasteiger partial charge in [0.15, 0.2) is 0 Å². The molecule has 0 aromatic heterocycles. The van der Waals surface area contributed by atoms with Crippen LogP contribution < -0.4 is 5.32 Å². The van der Waals surface area contributed by atoms with Crippen LogP contribution in [-0.2, 0) is 10.0 Å². The molecule has 0 spiro atoms. The van der Waals surface area contributed by atoms with Gasteiger partial charge in [-0.05, 0) is 37.5 Å². The maximum absolute atomic E-state index is 12.3. The van der Waals surface area contributed by atoms with Crippen molar-refractivity contribution in [2.24, 2.45) is 0 Å². The molecule has 0 bridgehead atoms. The first-order valence-corrected chi connectivity index (χ1v) is 9.93. The molecular formula is C15H20Cl2N2O3S. The Morgan fingerprint density at radius 2 is 1.96 bits per heavy atom. The Balaban J connectivity index is 1.94. The number of nitrogens with one attached hydrogen (secondary N) is 1. The van der Waals surface area contributed by atoms with Crippen molar-refractivity contribution < 1.29 is 13.2 Å². The van der Waals surface area contributed by atoms with E-state index in [1.54, 1.807) is 12.1 Å². The van der Waals surface area contributed by atoms with Crippen LogP contribution in [0.3, 0.4) is 0 Å². The number of halogens is 2. The lowest BCUT2D eigenvalue weighted by Gasteiger charge is -2.31. The summed E-state index contributed by atoms with van der Waals surface area (Å²) in [5.41, 5.74) is 0.334. The molecule has 0 saturated carbocycles. The van der Waals surface area contributed by atoms with E-state index in [0.29, 0.717) is 48.0 Å². The average molecular weight is 379 g/mol. The van der Waals surface area contributed by atoms with Crippen molar-refractivity contribution in [2.75, 3.05) is 18.8 Å². The van der Waals surface area contributed by atoms with Crippen LogP contribution in [0.5, 0.6) is 0 Å². The van der Waals surface area contributed by atoms with E-state index in [4.69, 9.17) is 23.2 Å². The summed E-state index contributed by atoms with van der Waals surface area (Å²) in [5.74, 6) is -0.116. The van der Waals surface area contributed by atoms with Gasteiger partial charge < -0.3 is 5.32 Å². The van der Waals surface area contributed by atoms with Gasteiger partial charge in [0.2, 0.25) is 10.0 Å². The quantitative estimate of drug-likeness (QED) is 0.856. The molecule has 1 aromatic carbocycles. The highest BCUT2D eigenvalue weighted by molar-refractivity contribution is 7.89. The van der Waals surface area contributed by atoms with Crippen LogP contribution in [0.25, 0.3) is 0 Å². The predicted molar refractivity (Wildman–Crippen MR) is 92.6 cm³/mol. The van der Waals surface area contributed by atoms with E-state index in [1.807, 2.05) is 6.92 Å². The van der Waals surface area contributed by atoms with E-state index in [9.17, 15) is 13.2 Å². The smallest absolute Gasteiger partial charge is 0.253 e. The first-order chi connectivity index (χ1) is 10.8. The van der Waals surface area contributed by atoms with Gasteiger partial charge in [-0.3, -0.25) is 4.79 Å². The van der Waals surface area contributed by atoms with E-state index in [2.05, 4.69) is 5.32 Å². The van der Waals surface area contributed by atoms with Gasteiger partial charge in [0.1, 0.15) is 0 Å². The highest BCUT2D eigenvalue weighted by atomic mass is 35.5. The molecule has 1 aromatic rings. The molecule has 1 aliphatic rings. The minimum atomic E-state index is -3.17. The lowest BCUT2D eigenvalue weighted by molar-refractivity contribution is 0.0924. The Morgan fingerprint density at radius 1 is 1.30 bits per heavy atom. The summed E-state index contributed by atoms with van der Waals surface area (Å²) in [6.45, 7) is 2.70. The number of carbonyl (C=O) groups is 1. The van der Waals surface area contributed by atoms with Crippen molar-refractivity contribution in [1.82, 2.24) is 9.62 Å². The Bertz CT molecular complexity index is 671. The predicted octanol–water partition coefficient (Wildman–Crippen LogP) is 2.93. The lowest BCUT2D eigenvalue weighted by Crippen LogP contribution is -2.47. The molecule has 0 unspecified atom stereocenters. The molecule has 1 heterocycles. The number of sulfonamides is 1. The van der Waals surface area contributed by atoms with Gasteiger partial charge in [-0.25, -0.2) is 12.7 Å². The van der Waals surface area contributed by atoms with Crippen molar-refractivity contribution in [3.05, 3.63) is 33.8 Å². The minimum absolute atomic E-state index is 0.0642. The van der Waals surface area contributed by atoms with Crippen molar-refractivity contribution >= 4 is 39.1 Å². The standard InChI is InChI=1S/C15H20Cl2N2O3S/c1-2-9-23(21,22)19-7-5-12(6-8-19)18-15(20)13-10-11(16)3-4-14(13)17/h3-4,10,12H,2,5-9H2,1H3,(H,18,20). The maximum atomic E-state index is 12.3. The minimum Gasteiger partial charge on any atom is -0.349 e. The van der Waals surface area contributed by atoms with Gasteiger partial charge in [-0.15, -0.1) is 0 Å². The number of hydrogen-bond acceptors (Lipinski definition) is 3. The zero-order chi connectivity index (χ0) is 17.0. The molecule has 0 atom stereocenters. The van der Waals surface area contributed by atoms with E-state index in [1.165, 1.54) is 10.4 Å². The molecule has 1 fully saturated rings. The van der Waals surface area contributed by atoms with Crippen molar-refractivity contribution in [2.45, 2.75) is 32.2 Å². The molecule has 0 aliphatic carbocycles. The zero-order valence-corrected chi connectivity index (χ0v) is 15.2. The number of nitrogens with zero attached hydrogens (tertiary/aromatic N) is 1. The second kappa shape index (κ2) is 7.83. The number of carbonyl (C=O) groups excluding carboxylic acids is 1. The Labute approximate surface area is 147 Å². The first kappa shape index (κ1) is 18.5. The summed E-state index contributed by atoms with van der Waals surface area (Å²) in [7, 11) is -3.17. The molecular weight excluding hydrogens is 359 g/mol. The van der Waals surface area contributed by atoms with E-state index >= 15 is 0 Å². The second-order valence-electron chi connectivity index (χ2n) is 5.59. The van der Waals surface area contributed by atoms with Gasteiger partial charge in [0.05, 0.1) is 16.3 Å². The fourth-order valence-corrected chi connectivity index (χ4v) is 4.52. The molecule has 23 heavy (non-hydrogen) atoms. The van der Waals surface area contributed by atoms with Crippen LogP contribution in [0.4, 0.5) is 0 Å². The van der Waals surface area contributed by atoms with E-state index in [0.717, 1.165) is 0 Å². The van der Waals surface area contributed by atoms with Crippen LogP contribution in [0, 0.1) is 0 Å². The molecule has 1 amide bonds. The summed E-state index contributed by atoms with van der Waals surface area (Å²) >= 11 is 11.9. The molecule has 5 nitrogen and oxygen atoms in total. The van der Waals surface area contributed by atoms with Gasteiger partial charge in [-0.1, -0.05) is 30.1 Å². The maximum Gasteiger partial charge on any atom is 0.253 e. The number of piperidine rings is 1. The van der Waals surface area contributed by atoms with Crippen molar-refractivity contribution in [3.8, 4) is 0 Å². The highest BCUT2D eigenvalue weighted by Gasteiger charge is 2.28. The van der Waals surface area contributed by atoms with Crippen molar-refractivity contribution in [3.63, 3.8) is 0 Å². The molecule has 1 aliphatic heterocycles. The molecule has 2 rings (SSSR count). The largest absolute Gasteiger partial charge is 0.349 e. The molecule has 0 radical (unpaired) electrons. The SMILES string of the molecule is CCCS(=O)(=O)N1CCC(NC(=O)c2cc(Cl)ccc2Cl)CC1. The fraction of sp³-hybridized carbons (Fsp3) is 0.533. The fourth-order valence-electron chi connectivity index (χ4n) is 2.60. The lowest BCUT2D eigenvalue weighted by atomic mass is 10.1. The number of benzene rings is 1. The van der Waals surface area contributed by atoms with Gasteiger partial charge >= 0.3 is 0 Å². The third-order valence-electron chi connectivity index (χ3n) is 3.82. The molecule has 8 heteroatoms. The third-order valence-corrected chi connectivity index (χ3v) is 6.46. The van der Waals surface area contributed by atoms with Gasteiger partial charge in [0, 0.05) is 24.2 Å². The number of rotatable bonds is 5. The van der Waals surface area contributed by atoms with Gasteiger partial charge in [0.25, 0.3) is 5.91 Å². The van der Waals surface area contributed by atoms with Gasteiger partial charge in [-0.2, -0.15) is 0 Å². The van der Waals surface area contributed by atoms with E-state index in [-0.39, 0.29) is 17.7 Å². The van der Waals surface area contributed by atoms with Crippen LogP contribution in [0.2, 0.25) is 10.0 Å². The number of hydrogen-bond donors (Lipinski definition) is 1. The summed E-state index contributed by atoms with van der Waals surface area (Å²) < 4.78 is 25.6. The monoisotopic (exact) mass is 378 g/mol. The van der Waals surface area contributed by atoms with Crippen LogP contribution in [-0.4, -0.2) is 43.5 Å². The van der Waals surface area contributed by atoms with Crippen LogP contribution in [0.1, 0.15) is 36.5 Å². The summed E-state index contributed by atoms with van der Waals surface area (Å²) in [4.78, 5) is 12.3. The van der Waals surface area contributed by atoms with Crippen molar-refractivity contribution in [1.29, 1.82) is 0 Å². The molecule has 128 valence electrons. The van der Waals surface area contributed by atoms with Crippen LogP contribution in [0.15, 0.2) is 18.2 Å². The Morgan fingerprint density at radius 3 is 2.57 bits per heavy atom. The summed E-state index contributed by atoms with van der Waals surface area (Å²) in [6, 6.07) is 4.67. The highest BCUT2D eigenvalue weighted by Crippen LogP contribution is 2.21. The first-order valence-electron chi connectivity index (χ1n) is 7.57. The Kier molecular flexibility index (Phi) is 6.31. The summed E-state index contributed by atoms with van der Waals surface area (Å²) in [5, 5.41) is 3.69. The third kappa shape index (κ3) is 4.83. The topological polar surface area (TPSA) is 66.5 Å². The molecule has 1 N–H and O–H groups in total. The summed E-state index contributed by atoms with van der Waals surface area (Å²) in [6.07, 6.45) is 1.78. The normalized spacial score (nSPS) is 17.2. The Hall–Kier alpha value is -0.820.